The molecule has 1 aliphatic heterocycles. The van der Waals surface area contributed by atoms with E-state index in [1.807, 2.05) is 0 Å². The van der Waals surface area contributed by atoms with Crippen molar-refractivity contribution in [1.82, 2.24) is 14.8 Å². The zero-order valence-corrected chi connectivity index (χ0v) is 18.5. The second-order valence-corrected chi connectivity index (χ2v) is 8.51. The number of nitrogens with one attached hydrogen (secondary N) is 2. The van der Waals surface area contributed by atoms with E-state index in [-0.39, 0.29) is 5.82 Å². The summed E-state index contributed by atoms with van der Waals surface area (Å²) < 4.78 is 39.0. The van der Waals surface area contributed by atoms with Crippen molar-refractivity contribution >= 4 is 24.7 Å². The Morgan fingerprint density at radius 1 is 1.42 bits per heavy atom. The van der Waals surface area contributed by atoms with Crippen molar-refractivity contribution in [2.45, 2.75) is 70.0 Å². The molecule has 1 fully saturated rings. The zero-order chi connectivity index (χ0) is 25.1. The fraction of sp³-hybridized carbons (Fsp3) is 0.667. The molecule has 12 nitrogen and oxygen atoms in total. The van der Waals surface area contributed by atoms with Gasteiger partial charge in [0, 0.05) is 6.20 Å². The molecule has 1 unspecified atom stereocenters. The Hall–Kier alpha value is -2.46. The third-order valence-corrected chi connectivity index (χ3v) is 4.43. The summed E-state index contributed by atoms with van der Waals surface area (Å²) in [5.41, 5.74) is -2.06. The number of esters is 1. The van der Waals surface area contributed by atoms with E-state index in [1.165, 1.54) is 6.82 Å². The van der Waals surface area contributed by atoms with Crippen LogP contribution < -0.4 is 16.2 Å². The van der Waals surface area contributed by atoms with Gasteiger partial charge < -0.3 is 35.3 Å². The second-order valence-electron chi connectivity index (χ2n) is 8.51. The van der Waals surface area contributed by atoms with Crippen molar-refractivity contribution in [1.29, 1.82) is 0 Å². The number of hydrogen-bond acceptors (Lipinski definition) is 10. The van der Waals surface area contributed by atoms with Crippen molar-refractivity contribution in [3.05, 3.63) is 22.7 Å². The highest BCUT2D eigenvalue weighted by Gasteiger charge is 2.59. The number of aliphatic hydroxyl groups is 2. The summed E-state index contributed by atoms with van der Waals surface area (Å²) in [6.07, 6.45) is -5.73. The predicted octanol–water partition coefficient (Wildman–Crippen LogP) is -1.13. The molecule has 1 aromatic rings. The van der Waals surface area contributed by atoms with Crippen molar-refractivity contribution in [2.75, 3.05) is 11.9 Å². The Bertz CT molecular complexity index is 923. The molecule has 2 rings (SSSR count). The molecule has 0 bridgehead atoms. The van der Waals surface area contributed by atoms with Crippen LogP contribution in [-0.2, 0) is 19.1 Å². The first kappa shape index (κ1) is 26.8. The van der Waals surface area contributed by atoms with E-state index >= 15 is 0 Å². The van der Waals surface area contributed by atoms with E-state index < -0.39 is 73.6 Å². The molecule has 15 heteroatoms. The van der Waals surface area contributed by atoms with Gasteiger partial charge >= 0.3 is 24.6 Å². The Labute approximate surface area is 188 Å². The number of ether oxygens (including phenoxy) is 2. The van der Waals surface area contributed by atoms with Crippen LogP contribution in [0, 0.1) is 0 Å². The monoisotopic (exact) mass is 476 g/mol. The summed E-state index contributed by atoms with van der Waals surface area (Å²) in [6, 6.07) is -0.172. The average Bonchev–Trinajstić information content (AvgIpc) is 2.89. The highest BCUT2D eigenvalue weighted by Crippen LogP contribution is 2.41. The molecule has 0 spiro atoms. The summed E-state index contributed by atoms with van der Waals surface area (Å²) in [5.74, 6) is -5.74. The largest absolute Gasteiger partial charge is 0.459 e. The lowest BCUT2D eigenvalue weighted by Gasteiger charge is -2.24. The van der Waals surface area contributed by atoms with E-state index in [0.717, 1.165) is 12.3 Å². The van der Waals surface area contributed by atoms with Gasteiger partial charge in [0.15, 0.2) is 6.10 Å². The van der Waals surface area contributed by atoms with E-state index in [1.54, 1.807) is 20.8 Å². The third-order valence-electron chi connectivity index (χ3n) is 4.43. The first-order chi connectivity index (χ1) is 15.2. The number of nitrogens with zero attached hydrogens (tertiary/aromatic N) is 2. The molecule has 1 aliphatic rings. The van der Waals surface area contributed by atoms with Crippen LogP contribution in [0.1, 0.15) is 33.4 Å². The summed E-state index contributed by atoms with van der Waals surface area (Å²) in [6.45, 7) is 5.34. The first-order valence-corrected chi connectivity index (χ1v) is 10.0. The molecule has 1 amide bonds. The molecule has 184 valence electrons. The lowest BCUT2D eigenvalue weighted by Crippen LogP contribution is -2.49. The van der Waals surface area contributed by atoms with Gasteiger partial charge in [-0.1, -0.05) is 0 Å². The predicted molar refractivity (Wildman–Crippen MR) is 110 cm³/mol. The molecule has 1 aromatic heterocycles. The van der Waals surface area contributed by atoms with Gasteiger partial charge in [-0.05, 0) is 33.7 Å². The molecule has 5 N–H and O–H groups in total. The number of anilines is 1. The Kier molecular flexibility index (Phi) is 8.29. The van der Waals surface area contributed by atoms with Gasteiger partial charge in [-0.2, -0.15) is 13.8 Å². The Morgan fingerprint density at radius 2 is 2.06 bits per heavy atom. The maximum Gasteiger partial charge on any atom is 0.374 e. The van der Waals surface area contributed by atoms with Gasteiger partial charge in [0.05, 0.1) is 13.0 Å². The standard InChI is InChI=1S/C18H27BF2N4O8/c1-17(2,3)33-14(29)9(24-19(4)31)7-12(27)22-11-5-6-25(16(30)23-11)15-18(20,21)13(28)10(8-26)32-15/h5-6,9-10,13,15,24,26,28,31H,7-8H2,1-4H3,(H,22,23,27,30)/t9?,10-,13+,15-/m1/s1. The van der Waals surface area contributed by atoms with Crippen LogP contribution in [0.4, 0.5) is 14.6 Å². The molecular weight excluding hydrogens is 449 g/mol. The van der Waals surface area contributed by atoms with Crippen molar-refractivity contribution in [3.8, 4) is 0 Å². The van der Waals surface area contributed by atoms with Crippen LogP contribution in [-0.4, -0.2) is 80.1 Å². The van der Waals surface area contributed by atoms with Crippen molar-refractivity contribution in [2.24, 2.45) is 0 Å². The number of aliphatic hydroxyl groups excluding tert-OH is 2. The molecule has 0 aliphatic carbocycles. The number of rotatable bonds is 8. The van der Waals surface area contributed by atoms with Crippen LogP contribution in [0.5, 0.6) is 0 Å². The summed E-state index contributed by atoms with van der Waals surface area (Å²) in [5, 5.41) is 32.9. The maximum atomic E-state index is 14.2. The number of carbonyl (C=O) groups excluding carboxylic acids is 2. The Morgan fingerprint density at radius 3 is 2.55 bits per heavy atom. The van der Waals surface area contributed by atoms with Crippen LogP contribution in [0.25, 0.3) is 0 Å². The third kappa shape index (κ3) is 6.77. The first-order valence-electron chi connectivity index (χ1n) is 10.0. The SMILES string of the molecule is CB(O)NC(CC(=O)Nc1ccn([C@@H]2O[C@H](CO)[C@H](O)C2(F)F)c(=O)n1)C(=O)OC(C)(C)C. The van der Waals surface area contributed by atoms with Crippen LogP contribution in [0.15, 0.2) is 17.1 Å². The van der Waals surface area contributed by atoms with E-state index in [9.17, 15) is 33.3 Å². The zero-order valence-electron chi connectivity index (χ0n) is 18.5. The molecule has 4 atom stereocenters. The van der Waals surface area contributed by atoms with Gasteiger partial charge in [0.2, 0.25) is 12.1 Å². The number of aromatic nitrogens is 2. The van der Waals surface area contributed by atoms with Gasteiger partial charge in [-0.15, -0.1) is 0 Å². The molecular formula is C18H27BF2N4O8. The molecule has 1 saturated heterocycles. The summed E-state index contributed by atoms with van der Waals surface area (Å²) in [4.78, 5) is 40.4. The minimum atomic E-state index is -3.88. The molecule has 2 heterocycles. The number of carbonyl (C=O) groups is 2. The highest BCUT2D eigenvalue weighted by atomic mass is 19.3. The minimum Gasteiger partial charge on any atom is -0.459 e. The smallest absolute Gasteiger partial charge is 0.374 e. The van der Waals surface area contributed by atoms with Crippen LogP contribution in [0.3, 0.4) is 0 Å². The summed E-state index contributed by atoms with van der Waals surface area (Å²) >= 11 is 0. The quantitative estimate of drug-likeness (QED) is 0.228. The lowest BCUT2D eigenvalue weighted by atomic mass is 9.86. The van der Waals surface area contributed by atoms with Gasteiger partial charge in [-0.3, -0.25) is 14.2 Å². The van der Waals surface area contributed by atoms with E-state index in [4.69, 9.17) is 14.6 Å². The highest BCUT2D eigenvalue weighted by molar-refractivity contribution is 6.46. The van der Waals surface area contributed by atoms with E-state index in [0.29, 0.717) is 4.57 Å². The topological polar surface area (TPSA) is 172 Å². The Balaban J connectivity index is 2.13. The fourth-order valence-corrected chi connectivity index (χ4v) is 3.03. The summed E-state index contributed by atoms with van der Waals surface area (Å²) in [7, 11) is -1.14. The van der Waals surface area contributed by atoms with Gasteiger partial charge in [-0.25, -0.2) is 4.79 Å². The normalized spacial score (nSPS) is 23.1. The molecule has 0 aromatic carbocycles. The molecule has 0 radical (unpaired) electrons. The van der Waals surface area contributed by atoms with Crippen molar-refractivity contribution in [3.63, 3.8) is 0 Å². The van der Waals surface area contributed by atoms with Gasteiger partial charge in [0.25, 0.3) is 0 Å². The lowest BCUT2D eigenvalue weighted by molar-refractivity contribution is -0.157. The number of alkyl halides is 2. The average molecular weight is 476 g/mol. The van der Waals surface area contributed by atoms with E-state index in [2.05, 4.69) is 15.5 Å². The number of amides is 1. The molecule has 0 saturated carbocycles. The van der Waals surface area contributed by atoms with Crippen molar-refractivity contribution < 1.29 is 43.1 Å². The van der Waals surface area contributed by atoms with Crippen LogP contribution >= 0.6 is 0 Å². The number of halogens is 2. The van der Waals surface area contributed by atoms with Gasteiger partial charge in [0.1, 0.15) is 23.6 Å². The van der Waals surface area contributed by atoms with Crippen LogP contribution in [0.2, 0.25) is 6.82 Å². The minimum absolute atomic E-state index is 0.290. The second kappa shape index (κ2) is 10.2. The number of hydrogen-bond donors (Lipinski definition) is 5. The maximum absolute atomic E-state index is 14.2. The fourth-order valence-electron chi connectivity index (χ4n) is 3.03. The molecule has 33 heavy (non-hydrogen) atoms.